The molecule has 164 valence electrons. The molecule has 0 unspecified atom stereocenters. The molecule has 0 aromatic heterocycles. The molecule has 31 heavy (non-hydrogen) atoms. The first kappa shape index (κ1) is 23.7. The second-order valence-electron chi connectivity index (χ2n) is 6.63. The van der Waals surface area contributed by atoms with E-state index in [4.69, 9.17) is 25.8 Å². The number of rotatable bonds is 9. The SMILES string of the molecule is COCCCN1C(=O)S/C(=C/c2cc(Br)c(OCc3ccc(Cl)cc3)c(OC)c2)C1=O. The van der Waals surface area contributed by atoms with Crippen LogP contribution in [0.25, 0.3) is 6.08 Å². The molecule has 1 aliphatic heterocycles. The summed E-state index contributed by atoms with van der Waals surface area (Å²) in [6.45, 7) is 1.16. The lowest BCUT2D eigenvalue weighted by molar-refractivity contribution is -0.122. The van der Waals surface area contributed by atoms with Crippen LogP contribution in [0.5, 0.6) is 11.5 Å². The fraction of sp³-hybridized carbons (Fsp3) is 0.273. The number of imide groups is 1. The van der Waals surface area contributed by atoms with Crippen molar-refractivity contribution in [1.29, 1.82) is 0 Å². The Morgan fingerprint density at radius 3 is 2.58 bits per heavy atom. The zero-order chi connectivity index (χ0) is 22.4. The van der Waals surface area contributed by atoms with Crippen LogP contribution >= 0.6 is 39.3 Å². The van der Waals surface area contributed by atoms with Crippen LogP contribution in [0.3, 0.4) is 0 Å². The maximum absolute atomic E-state index is 12.6. The summed E-state index contributed by atoms with van der Waals surface area (Å²) in [5.74, 6) is 0.750. The molecule has 2 aromatic carbocycles. The van der Waals surface area contributed by atoms with Gasteiger partial charge in [0.1, 0.15) is 6.61 Å². The highest BCUT2D eigenvalue weighted by Gasteiger charge is 2.34. The molecule has 2 aromatic rings. The van der Waals surface area contributed by atoms with Crippen molar-refractivity contribution in [3.8, 4) is 11.5 Å². The Bertz CT molecular complexity index is 996. The van der Waals surface area contributed by atoms with Crippen molar-refractivity contribution < 1.29 is 23.8 Å². The van der Waals surface area contributed by atoms with Crippen LogP contribution in [0.1, 0.15) is 17.5 Å². The molecule has 0 spiro atoms. The maximum atomic E-state index is 12.6. The number of benzene rings is 2. The Kier molecular flexibility index (Phi) is 8.43. The molecule has 0 aliphatic carbocycles. The molecular formula is C22H21BrClNO5S. The molecule has 2 amide bonds. The Morgan fingerprint density at radius 2 is 1.90 bits per heavy atom. The molecule has 0 radical (unpaired) electrons. The van der Waals surface area contributed by atoms with Crippen molar-refractivity contribution >= 4 is 56.5 Å². The number of hydrogen-bond acceptors (Lipinski definition) is 6. The third-order valence-electron chi connectivity index (χ3n) is 4.45. The van der Waals surface area contributed by atoms with Crippen LogP contribution in [-0.4, -0.2) is 43.4 Å². The van der Waals surface area contributed by atoms with Gasteiger partial charge < -0.3 is 14.2 Å². The van der Waals surface area contributed by atoms with E-state index in [1.165, 1.54) is 4.90 Å². The van der Waals surface area contributed by atoms with Crippen molar-refractivity contribution in [3.63, 3.8) is 0 Å². The molecule has 0 saturated carbocycles. The summed E-state index contributed by atoms with van der Waals surface area (Å²) in [7, 11) is 3.13. The molecule has 0 N–H and O–H groups in total. The highest BCUT2D eigenvalue weighted by atomic mass is 79.9. The summed E-state index contributed by atoms with van der Waals surface area (Å²) >= 11 is 10.4. The molecule has 0 atom stereocenters. The number of ether oxygens (including phenoxy) is 3. The minimum Gasteiger partial charge on any atom is -0.493 e. The molecular weight excluding hydrogens is 506 g/mol. The summed E-state index contributed by atoms with van der Waals surface area (Å²) in [5.41, 5.74) is 1.68. The van der Waals surface area contributed by atoms with Gasteiger partial charge >= 0.3 is 0 Å². The topological polar surface area (TPSA) is 65.1 Å². The summed E-state index contributed by atoms with van der Waals surface area (Å²) in [6.07, 6.45) is 2.28. The smallest absolute Gasteiger partial charge is 0.293 e. The molecule has 3 rings (SSSR count). The molecule has 6 nitrogen and oxygen atoms in total. The molecule has 1 saturated heterocycles. The maximum Gasteiger partial charge on any atom is 0.293 e. The lowest BCUT2D eigenvalue weighted by Gasteiger charge is -2.14. The first-order valence-corrected chi connectivity index (χ1v) is 11.4. The number of halogens is 2. The van der Waals surface area contributed by atoms with E-state index >= 15 is 0 Å². The number of hydrogen-bond donors (Lipinski definition) is 0. The third-order valence-corrected chi connectivity index (χ3v) is 6.20. The highest BCUT2D eigenvalue weighted by Crippen LogP contribution is 2.39. The third kappa shape index (κ3) is 6.04. The van der Waals surface area contributed by atoms with E-state index in [-0.39, 0.29) is 11.1 Å². The van der Waals surface area contributed by atoms with Gasteiger partial charge in [0.05, 0.1) is 16.5 Å². The number of methoxy groups -OCH3 is 2. The second-order valence-corrected chi connectivity index (χ2v) is 8.91. The fourth-order valence-corrected chi connectivity index (χ4v) is 4.48. The van der Waals surface area contributed by atoms with Gasteiger partial charge in [-0.3, -0.25) is 14.5 Å². The predicted molar refractivity (Wildman–Crippen MR) is 126 cm³/mol. The van der Waals surface area contributed by atoms with Crippen LogP contribution in [0.4, 0.5) is 4.79 Å². The molecule has 9 heteroatoms. The average molecular weight is 527 g/mol. The van der Waals surface area contributed by atoms with Crippen molar-refractivity contribution in [3.05, 3.63) is 61.9 Å². The van der Waals surface area contributed by atoms with E-state index in [1.807, 2.05) is 18.2 Å². The van der Waals surface area contributed by atoms with E-state index < -0.39 is 0 Å². The van der Waals surface area contributed by atoms with Gasteiger partial charge in [-0.05, 0) is 75.6 Å². The minimum absolute atomic E-state index is 0.277. The first-order valence-electron chi connectivity index (χ1n) is 9.42. The van der Waals surface area contributed by atoms with E-state index in [9.17, 15) is 9.59 Å². The van der Waals surface area contributed by atoms with Crippen LogP contribution in [0.15, 0.2) is 45.8 Å². The normalized spacial score (nSPS) is 15.1. The van der Waals surface area contributed by atoms with Crippen LogP contribution in [0, 0.1) is 0 Å². The van der Waals surface area contributed by atoms with Gasteiger partial charge in [0.25, 0.3) is 11.1 Å². The minimum atomic E-state index is -0.302. The Labute approximate surface area is 198 Å². The fourth-order valence-electron chi connectivity index (χ4n) is 2.91. The van der Waals surface area contributed by atoms with Crippen molar-refractivity contribution in [2.75, 3.05) is 27.4 Å². The van der Waals surface area contributed by atoms with E-state index in [0.717, 1.165) is 17.3 Å². The zero-order valence-electron chi connectivity index (χ0n) is 17.0. The van der Waals surface area contributed by atoms with Crippen molar-refractivity contribution in [1.82, 2.24) is 4.90 Å². The van der Waals surface area contributed by atoms with Crippen molar-refractivity contribution in [2.24, 2.45) is 0 Å². The molecule has 1 fully saturated rings. The van der Waals surface area contributed by atoms with E-state index in [0.29, 0.717) is 57.6 Å². The highest BCUT2D eigenvalue weighted by molar-refractivity contribution is 9.10. The lowest BCUT2D eigenvalue weighted by atomic mass is 10.1. The van der Waals surface area contributed by atoms with Gasteiger partial charge in [0, 0.05) is 25.3 Å². The Morgan fingerprint density at radius 1 is 1.16 bits per heavy atom. The summed E-state index contributed by atoms with van der Waals surface area (Å²) in [4.78, 5) is 26.4. The average Bonchev–Trinajstić information content (AvgIpc) is 3.01. The Hall–Kier alpha value is -2.00. The van der Waals surface area contributed by atoms with Gasteiger partial charge in [-0.25, -0.2) is 0 Å². The monoisotopic (exact) mass is 525 g/mol. The summed E-state index contributed by atoms with van der Waals surface area (Å²) < 4.78 is 17.1. The van der Waals surface area contributed by atoms with Crippen molar-refractivity contribution in [2.45, 2.75) is 13.0 Å². The van der Waals surface area contributed by atoms with Gasteiger partial charge in [-0.1, -0.05) is 23.7 Å². The molecule has 1 heterocycles. The Balaban J connectivity index is 1.77. The van der Waals surface area contributed by atoms with E-state index in [1.54, 1.807) is 38.5 Å². The summed E-state index contributed by atoms with van der Waals surface area (Å²) in [5, 5.41) is 0.385. The number of amides is 2. The van der Waals surface area contributed by atoms with Crippen LogP contribution in [0.2, 0.25) is 5.02 Å². The van der Waals surface area contributed by atoms with Crippen LogP contribution < -0.4 is 9.47 Å². The number of nitrogens with zero attached hydrogens (tertiary/aromatic N) is 1. The largest absolute Gasteiger partial charge is 0.493 e. The van der Waals surface area contributed by atoms with Gasteiger partial charge in [0.2, 0.25) is 0 Å². The first-order chi connectivity index (χ1) is 14.9. The van der Waals surface area contributed by atoms with Gasteiger partial charge in [-0.2, -0.15) is 0 Å². The zero-order valence-corrected chi connectivity index (χ0v) is 20.2. The molecule has 0 bridgehead atoms. The number of thioether (sulfide) groups is 1. The number of carbonyl (C=O) groups is 2. The quantitative estimate of drug-likeness (QED) is 0.306. The predicted octanol–water partition coefficient (Wildman–Crippen LogP) is 5.76. The molecule has 1 aliphatic rings. The van der Waals surface area contributed by atoms with Gasteiger partial charge in [-0.15, -0.1) is 0 Å². The number of carbonyl (C=O) groups excluding carboxylic acids is 2. The standard InChI is InChI=1S/C22H21BrClNO5S/c1-28-9-3-8-25-21(26)19(31-22(25)27)12-15-10-17(23)20(18(11-15)29-2)30-13-14-4-6-16(24)7-5-14/h4-7,10-12H,3,8-9,13H2,1-2H3/b19-12+. The second kappa shape index (κ2) is 11.0. The van der Waals surface area contributed by atoms with Crippen LogP contribution in [-0.2, 0) is 16.1 Å². The lowest BCUT2D eigenvalue weighted by Crippen LogP contribution is -2.29. The van der Waals surface area contributed by atoms with E-state index in [2.05, 4.69) is 15.9 Å². The van der Waals surface area contributed by atoms with Gasteiger partial charge in [0.15, 0.2) is 11.5 Å². The summed E-state index contributed by atoms with van der Waals surface area (Å²) in [6, 6.07) is 11.0.